The van der Waals surface area contributed by atoms with Crippen LogP contribution in [0.25, 0.3) is 0 Å². The zero-order valence-electron chi connectivity index (χ0n) is 13.7. The Hall–Kier alpha value is -1.68. The Morgan fingerprint density at radius 1 is 1.33 bits per heavy atom. The van der Waals surface area contributed by atoms with Crippen molar-refractivity contribution in [2.45, 2.75) is 12.8 Å². The molecule has 2 rings (SSSR count). The summed E-state index contributed by atoms with van der Waals surface area (Å²) in [5.41, 5.74) is 0.675. The van der Waals surface area contributed by atoms with Gasteiger partial charge in [0.1, 0.15) is 0 Å². The number of aromatic nitrogens is 1. The van der Waals surface area contributed by atoms with Crippen LogP contribution in [0.2, 0.25) is 0 Å². The molecule has 8 heteroatoms. The van der Waals surface area contributed by atoms with E-state index in [-0.39, 0.29) is 36.4 Å². The van der Waals surface area contributed by atoms with Gasteiger partial charge in [0.15, 0.2) is 5.96 Å². The molecule has 0 fully saturated rings. The second-order valence-electron chi connectivity index (χ2n) is 5.01. The summed E-state index contributed by atoms with van der Waals surface area (Å²) in [5.74, 6) is 0.847. The number of nitrogens with zero attached hydrogens (tertiary/aromatic N) is 2. The molecule has 6 nitrogen and oxygen atoms in total. The molecule has 0 aliphatic carbocycles. The van der Waals surface area contributed by atoms with Crippen LogP contribution in [0.1, 0.15) is 17.7 Å². The first-order valence-electron chi connectivity index (χ1n) is 7.37. The average Bonchev–Trinajstić information content (AvgIpc) is 3.10. The highest BCUT2D eigenvalue weighted by Crippen LogP contribution is 2.19. The number of pyridine rings is 1. The predicted octanol–water partition coefficient (Wildman–Crippen LogP) is 2.67. The highest BCUT2D eigenvalue weighted by molar-refractivity contribution is 14.0. The summed E-state index contributed by atoms with van der Waals surface area (Å²) in [6.07, 6.45) is 3.27. The SMILES string of the molecule is CN=C(NCC(=O)Nc1cccnc1)NCC(C)c1cccs1.I. The maximum absolute atomic E-state index is 11.9. The minimum atomic E-state index is -0.146. The number of guanidine groups is 1. The van der Waals surface area contributed by atoms with Crippen molar-refractivity contribution in [3.05, 3.63) is 46.9 Å². The molecular formula is C16H22IN5OS. The first-order chi connectivity index (χ1) is 11.2. The molecule has 1 atom stereocenters. The maximum atomic E-state index is 11.9. The first kappa shape index (κ1) is 20.4. The second-order valence-corrected chi connectivity index (χ2v) is 5.99. The molecule has 24 heavy (non-hydrogen) atoms. The van der Waals surface area contributed by atoms with E-state index in [1.54, 1.807) is 42.9 Å². The van der Waals surface area contributed by atoms with Crippen LogP contribution < -0.4 is 16.0 Å². The third kappa shape index (κ3) is 6.83. The fourth-order valence-electron chi connectivity index (χ4n) is 1.95. The van der Waals surface area contributed by atoms with Gasteiger partial charge in [0, 0.05) is 30.6 Å². The number of halogens is 1. The number of hydrogen-bond donors (Lipinski definition) is 3. The number of carbonyl (C=O) groups is 1. The number of thiophene rings is 1. The first-order valence-corrected chi connectivity index (χ1v) is 8.25. The van der Waals surface area contributed by atoms with Crippen molar-refractivity contribution in [2.24, 2.45) is 4.99 Å². The summed E-state index contributed by atoms with van der Waals surface area (Å²) in [6, 6.07) is 7.73. The van der Waals surface area contributed by atoms with Crippen molar-refractivity contribution in [1.82, 2.24) is 15.6 Å². The topological polar surface area (TPSA) is 78.4 Å². The summed E-state index contributed by atoms with van der Waals surface area (Å²) < 4.78 is 0. The van der Waals surface area contributed by atoms with Crippen molar-refractivity contribution in [1.29, 1.82) is 0 Å². The molecular weight excluding hydrogens is 437 g/mol. The molecule has 3 N–H and O–H groups in total. The van der Waals surface area contributed by atoms with Crippen LogP contribution in [0, 0.1) is 0 Å². The summed E-state index contributed by atoms with van der Waals surface area (Å²) in [6.45, 7) is 3.05. The third-order valence-corrected chi connectivity index (χ3v) is 4.29. The Morgan fingerprint density at radius 3 is 2.79 bits per heavy atom. The average molecular weight is 459 g/mol. The van der Waals surface area contributed by atoms with Crippen LogP contribution in [0.15, 0.2) is 47.0 Å². The van der Waals surface area contributed by atoms with E-state index >= 15 is 0 Å². The van der Waals surface area contributed by atoms with Crippen molar-refractivity contribution < 1.29 is 4.79 Å². The van der Waals surface area contributed by atoms with Gasteiger partial charge in [-0.25, -0.2) is 0 Å². The van der Waals surface area contributed by atoms with Gasteiger partial charge in [0.2, 0.25) is 5.91 Å². The van der Waals surface area contributed by atoms with E-state index in [0.29, 0.717) is 17.6 Å². The van der Waals surface area contributed by atoms with E-state index in [0.717, 1.165) is 6.54 Å². The lowest BCUT2D eigenvalue weighted by Crippen LogP contribution is -2.42. The molecule has 0 bridgehead atoms. The van der Waals surface area contributed by atoms with Gasteiger partial charge in [-0.2, -0.15) is 0 Å². The van der Waals surface area contributed by atoms with Crippen LogP contribution in [-0.4, -0.2) is 37.0 Å². The molecule has 2 heterocycles. The number of aliphatic imine (C=N–C) groups is 1. The standard InChI is InChI=1S/C16H21N5OS.HI/c1-12(14-6-4-8-23-14)9-19-16(17-2)20-11-15(22)21-13-5-3-7-18-10-13;/h3-8,10,12H,9,11H2,1-2H3,(H,21,22)(H2,17,19,20);1H. The van der Waals surface area contributed by atoms with Crippen molar-refractivity contribution in [3.63, 3.8) is 0 Å². The lowest BCUT2D eigenvalue weighted by atomic mass is 10.1. The Kier molecular flexibility index (Phi) is 9.31. The molecule has 1 unspecified atom stereocenters. The largest absolute Gasteiger partial charge is 0.356 e. The Balaban J connectivity index is 0.00000288. The molecule has 2 aromatic rings. The van der Waals surface area contributed by atoms with Gasteiger partial charge < -0.3 is 16.0 Å². The predicted molar refractivity (Wildman–Crippen MR) is 110 cm³/mol. The van der Waals surface area contributed by atoms with Crippen LogP contribution >= 0.6 is 35.3 Å². The van der Waals surface area contributed by atoms with Gasteiger partial charge >= 0.3 is 0 Å². The molecule has 0 spiro atoms. The molecule has 0 aromatic carbocycles. The van der Waals surface area contributed by atoms with Crippen LogP contribution in [-0.2, 0) is 4.79 Å². The molecule has 2 aromatic heterocycles. The van der Waals surface area contributed by atoms with E-state index in [1.165, 1.54) is 4.88 Å². The van der Waals surface area contributed by atoms with Crippen molar-refractivity contribution >= 4 is 52.9 Å². The van der Waals surface area contributed by atoms with Gasteiger partial charge in [-0.1, -0.05) is 13.0 Å². The van der Waals surface area contributed by atoms with E-state index in [1.807, 2.05) is 6.07 Å². The fourth-order valence-corrected chi connectivity index (χ4v) is 2.74. The zero-order chi connectivity index (χ0) is 16.5. The van der Waals surface area contributed by atoms with Crippen LogP contribution in [0.5, 0.6) is 0 Å². The van der Waals surface area contributed by atoms with E-state index in [4.69, 9.17) is 0 Å². The van der Waals surface area contributed by atoms with Gasteiger partial charge in [0.05, 0.1) is 18.4 Å². The number of carbonyl (C=O) groups excluding carboxylic acids is 1. The Bertz CT molecular complexity index is 633. The highest BCUT2D eigenvalue weighted by Gasteiger charge is 2.08. The molecule has 0 aliphatic heterocycles. The summed E-state index contributed by atoms with van der Waals surface area (Å²) >= 11 is 1.74. The summed E-state index contributed by atoms with van der Waals surface area (Å²) in [7, 11) is 1.68. The van der Waals surface area contributed by atoms with Crippen LogP contribution in [0.4, 0.5) is 5.69 Å². The molecule has 0 saturated heterocycles. The molecule has 0 radical (unpaired) electrons. The smallest absolute Gasteiger partial charge is 0.243 e. The lowest BCUT2D eigenvalue weighted by Gasteiger charge is -2.15. The van der Waals surface area contributed by atoms with Crippen LogP contribution in [0.3, 0.4) is 0 Å². The third-order valence-electron chi connectivity index (χ3n) is 3.19. The normalized spacial score (nSPS) is 12.0. The number of rotatable bonds is 6. The van der Waals surface area contributed by atoms with Crippen molar-refractivity contribution in [2.75, 3.05) is 25.5 Å². The minimum Gasteiger partial charge on any atom is -0.356 e. The lowest BCUT2D eigenvalue weighted by molar-refractivity contribution is -0.115. The van der Waals surface area contributed by atoms with Gasteiger partial charge in [-0.15, -0.1) is 35.3 Å². The monoisotopic (exact) mass is 459 g/mol. The quantitative estimate of drug-likeness (QED) is 0.353. The molecule has 0 aliphatic rings. The zero-order valence-corrected chi connectivity index (χ0v) is 16.8. The van der Waals surface area contributed by atoms with Crippen molar-refractivity contribution in [3.8, 4) is 0 Å². The van der Waals surface area contributed by atoms with Gasteiger partial charge in [-0.05, 0) is 23.6 Å². The number of anilines is 1. The molecule has 1 amide bonds. The molecule has 130 valence electrons. The number of nitrogens with one attached hydrogen (secondary N) is 3. The number of hydrogen-bond acceptors (Lipinski definition) is 4. The highest BCUT2D eigenvalue weighted by atomic mass is 127. The van der Waals surface area contributed by atoms with E-state index in [2.05, 4.69) is 44.3 Å². The Labute approximate surface area is 163 Å². The Morgan fingerprint density at radius 2 is 2.17 bits per heavy atom. The summed E-state index contributed by atoms with van der Waals surface area (Å²) in [5, 5.41) is 11.1. The van der Waals surface area contributed by atoms with E-state index in [9.17, 15) is 4.79 Å². The number of amides is 1. The molecule has 0 saturated carbocycles. The maximum Gasteiger partial charge on any atom is 0.243 e. The van der Waals surface area contributed by atoms with Gasteiger partial charge in [-0.3, -0.25) is 14.8 Å². The minimum absolute atomic E-state index is 0. The second kappa shape index (κ2) is 11.0. The van der Waals surface area contributed by atoms with Gasteiger partial charge in [0.25, 0.3) is 0 Å². The summed E-state index contributed by atoms with van der Waals surface area (Å²) in [4.78, 5) is 21.3. The van der Waals surface area contributed by atoms with E-state index < -0.39 is 0 Å². The fraction of sp³-hybridized carbons (Fsp3) is 0.312.